The van der Waals surface area contributed by atoms with Crippen LogP contribution in [0, 0.1) is 17.2 Å². The van der Waals surface area contributed by atoms with Crippen molar-refractivity contribution in [2.75, 3.05) is 11.9 Å². The molecule has 1 unspecified atom stereocenters. The quantitative estimate of drug-likeness (QED) is 0.761. The molecule has 0 spiro atoms. The summed E-state index contributed by atoms with van der Waals surface area (Å²) in [6, 6.07) is 1.90. The van der Waals surface area contributed by atoms with E-state index < -0.39 is 5.97 Å². The smallest absolute Gasteiger partial charge is 0.303 e. The van der Waals surface area contributed by atoms with Gasteiger partial charge in [0.2, 0.25) is 0 Å². The van der Waals surface area contributed by atoms with E-state index in [1.54, 1.807) is 0 Å². The van der Waals surface area contributed by atoms with Gasteiger partial charge in [-0.3, -0.25) is 4.79 Å². The second-order valence-electron chi connectivity index (χ2n) is 4.15. The lowest BCUT2D eigenvalue weighted by atomic mass is 10.0. The first kappa shape index (κ1) is 13.9. The molecule has 0 fully saturated rings. The summed E-state index contributed by atoms with van der Waals surface area (Å²) in [4.78, 5) is 18.3. The zero-order valence-corrected chi connectivity index (χ0v) is 10.3. The van der Waals surface area contributed by atoms with Gasteiger partial charge in [-0.05, 0) is 18.8 Å². The second kappa shape index (κ2) is 7.22. The van der Waals surface area contributed by atoms with Crippen LogP contribution in [-0.2, 0) is 4.79 Å². The molecule has 1 aromatic rings. The summed E-state index contributed by atoms with van der Waals surface area (Å²) in [7, 11) is 0. The number of carboxylic acid groups (broad SMARTS) is 1. The van der Waals surface area contributed by atoms with Gasteiger partial charge in [-0.2, -0.15) is 5.26 Å². The third kappa shape index (κ3) is 5.25. The van der Waals surface area contributed by atoms with E-state index in [2.05, 4.69) is 15.3 Å². The molecule has 0 bridgehead atoms. The number of hydrogen-bond acceptors (Lipinski definition) is 5. The van der Waals surface area contributed by atoms with Crippen LogP contribution in [0.25, 0.3) is 0 Å². The second-order valence-corrected chi connectivity index (χ2v) is 4.15. The molecule has 96 valence electrons. The van der Waals surface area contributed by atoms with Gasteiger partial charge in [0.1, 0.15) is 11.9 Å². The Hall–Kier alpha value is -2.16. The fourth-order valence-corrected chi connectivity index (χ4v) is 1.44. The van der Waals surface area contributed by atoms with Crippen LogP contribution in [0.5, 0.6) is 0 Å². The van der Waals surface area contributed by atoms with Gasteiger partial charge in [-0.15, -0.1) is 0 Å². The summed E-state index contributed by atoms with van der Waals surface area (Å²) in [6.07, 6.45) is 4.68. The highest BCUT2D eigenvalue weighted by atomic mass is 16.4. The van der Waals surface area contributed by atoms with Gasteiger partial charge in [0.15, 0.2) is 5.69 Å². The predicted molar refractivity (Wildman–Crippen MR) is 65.9 cm³/mol. The number of aromatic nitrogens is 2. The van der Waals surface area contributed by atoms with Crippen molar-refractivity contribution in [2.24, 2.45) is 5.92 Å². The first-order chi connectivity index (χ1) is 8.61. The van der Waals surface area contributed by atoms with Crippen LogP contribution in [0.4, 0.5) is 5.82 Å². The van der Waals surface area contributed by atoms with E-state index in [4.69, 9.17) is 10.4 Å². The monoisotopic (exact) mass is 248 g/mol. The average Bonchev–Trinajstić information content (AvgIpc) is 2.37. The Balaban J connectivity index is 2.24. The van der Waals surface area contributed by atoms with Crippen molar-refractivity contribution in [3.05, 3.63) is 18.1 Å². The van der Waals surface area contributed by atoms with Crippen LogP contribution >= 0.6 is 0 Å². The Morgan fingerprint density at radius 1 is 1.50 bits per heavy atom. The molecule has 0 saturated carbocycles. The molecule has 1 aromatic heterocycles. The molecule has 0 aliphatic heterocycles. The standard InChI is InChI=1S/C12H16N4O2/c1-9(2-3-12(17)18)4-5-14-11-8-15-10(6-13)7-16-11/h7-9H,2-5H2,1H3,(H,14,16)(H,17,18). The molecule has 0 aliphatic carbocycles. The van der Waals surface area contributed by atoms with Gasteiger partial charge in [-0.25, -0.2) is 9.97 Å². The van der Waals surface area contributed by atoms with Gasteiger partial charge >= 0.3 is 5.97 Å². The summed E-state index contributed by atoms with van der Waals surface area (Å²) in [5.74, 6) is 0.215. The summed E-state index contributed by atoms with van der Waals surface area (Å²) >= 11 is 0. The maximum Gasteiger partial charge on any atom is 0.303 e. The molecular formula is C12H16N4O2. The number of carboxylic acids is 1. The normalized spacial score (nSPS) is 11.6. The van der Waals surface area contributed by atoms with E-state index >= 15 is 0 Å². The van der Waals surface area contributed by atoms with Gasteiger partial charge in [0.25, 0.3) is 0 Å². The summed E-state index contributed by atoms with van der Waals surface area (Å²) in [6.45, 7) is 2.73. The molecule has 0 aromatic carbocycles. The Morgan fingerprint density at radius 2 is 2.28 bits per heavy atom. The fraction of sp³-hybridized carbons (Fsp3) is 0.500. The third-order valence-corrected chi connectivity index (χ3v) is 2.56. The van der Waals surface area contributed by atoms with Crippen molar-refractivity contribution in [3.8, 4) is 6.07 Å². The molecule has 0 aliphatic rings. The van der Waals surface area contributed by atoms with Crippen molar-refractivity contribution >= 4 is 11.8 Å². The lowest BCUT2D eigenvalue weighted by molar-refractivity contribution is -0.137. The summed E-state index contributed by atoms with van der Waals surface area (Å²) in [5.41, 5.74) is 0.287. The molecule has 6 heteroatoms. The minimum absolute atomic E-state index is 0.206. The maximum absolute atomic E-state index is 10.4. The van der Waals surface area contributed by atoms with Crippen LogP contribution in [0.3, 0.4) is 0 Å². The fourth-order valence-electron chi connectivity index (χ4n) is 1.44. The lowest BCUT2D eigenvalue weighted by Gasteiger charge is -2.10. The molecule has 2 N–H and O–H groups in total. The third-order valence-electron chi connectivity index (χ3n) is 2.56. The number of anilines is 1. The zero-order valence-electron chi connectivity index (χ0n) is 10.3. The van der Waals surface area contributed by atoms with Crippen LogP contribution < -0.4 is 5.32 Å². The number of nitriles is 1. The highest BCUT2D eigenvalue weighted by molar-refractivity contribution is 5.66. The molecule has 0 amide bonds. The zero-order chi connectivity index (χ0) is 13.4. The van der Waals surface area contributed by atoms with E-state index in [-0.39, 0.29) is 12.1 Å². The van der Waals surface area contributed by atoms with Crippen molar-refractivity contribution < 1.29 is 9.90 Å². The van der Waals surface area contributed by atoms with Gasteiger partial charge in [0, 0.05) is 13.0 Å². The first-order valence-electron chi connectivity index (χ1n) is 5.79. The number of carbonyl (C=O) groups is 1. The molecular weight excluding hydrogens is 232 g/mol. The van der Waals surface area contributed by atoms with E-state index in [0.29, 0.717) is 24.7 Å². The lowest BCUT2D eigenvalue weighted by Crippen LogP contribution is -2.09. The van der Waals surface area contributed by atoms with Crippen molar-refractivity contribution in [1.29, 1.82) is 5.26 Å². The molecule has 1 heterocycles. The molecule has 0 radical (unpaired) electrons. The van der Waals surface area contributed by atoms with Gasteiger partial charge < -0.3 is 10.4 Å². The maximum atomic E-state index is 10.4. The Labute approximate surface area is 106 Å². The first-order valence-corrected chi connectivity index (χ1v) is 5.79. The molecule has 6 nitrogen and oxygen atoms in total. The predicted octanol–water partition coefficient (Wildman–Crippen LogP) is 1.65. The minimum atomic E-state index is -0.757. The average molecular weight is 248 g/mol. The largest absolute Gasteiger partial charge is 0.481 e. The molecule has 1 rings (SSSR count). The number of hydrogen-bond donors (Lipinski definition) is 2. The Kier molecular flexibility index (Phi) is 5.58. The Morgan fingerprint density at radius 3 is 2.83 bits per heavy atom. The van der Waals surface area contributed by atoms with Crippen LogP contribution in [0.15, 0.2) is 12.4 Å². The van der Waals surface area contributed by atoms with Crippen LogP contribution in [-0.4, -0.2) is 27.6 Å². The topological polar surface area (TPSA) is 98.9 Å². The highest BCUT2D eigenvalue weighted by Crippen LogP contribution is 2.10. The van der Waals surface area contributed by atoms with E-state index in [1.165, 1.54) is 12.4 Å². The highest BCUT2D eigenvalue weighted by Gasteiger charge is 2.05. The van der Waals surface area contributed by atoms with E-state index in [9.17, 15) is 4.79 Å². The number of nitrogens with one attached hydrogen (secondary N) is 1. The van der Waals surface area contributed by atoms with E-state index in [1.807, 2.05) is 13.0 Å². The molecule has 1 atom stereocenters. The van der Waals surface area contributed by atoms with Gasteiger partial charge in [0.05, 0.1) is 12.4 Å². The molecule has 18 heavy (non-hydrogen) atoms. The van der Waals surface area contributed by atoms with Crippen LogP contribution in [0.2, 0.25) is 0 Å². The van der Waals surface area contributed by atoms with Crippen molar-refractivity contribution in [3.63, 3.8) is 0 Å². The van der Waals surface area contributed by atoms with E-state index in [0.717, 1.165) is 6.42 Å². The summed E-state index contributed by atoms with van der Waals surface area (Å²) in [5, 5.41) is 20.2. The SMILES string of the molecule is CC(CCNc1cnc(C#N)cn1)CCC(=O)O. The van der Waals surface area contributed by atoms with Crippen molar-refractivity contribution in [1.82, 2.24) is 9.97 Å². The minimum Gasteiger partial charge on any atom is -0.481 e. The number of rotatable bonds is 7. The Bertz CT molecular complexity index is 425. The number of nitrogens with zero attached hydrogens (tertiary/aromatic N) is 3. The molecule has 0 saturated heterocycles. The van der Waals surface area contributed by atoms with Gasteiger partial charge in [-0.1, -0.05) is 6.92 Å². The number of aliphatic carboxylic acids is 1. The summed E-state index contributed by atoms with van der Waals surface area (Å²) < 4.78 is 0. The van der Waals surface area contributed by atoms with Crippen molar-refractivity contribution in [2.45, 2.75) is 26.2 Å². The van der Waals surface area contributed by atoms with Crippen LogP contribution in [0.1, 0.15) is 31.9 Å².